The third-order valence-electron chi connectivity index (χ3n) is 2.95. The number of benzene rings is 1. The summed E-state index contributed by atoms with van der Waals surface area (Å²) in [6, 6.07) is 7.83. The molecule has 1 fully saturated rings. The number of carbonyl (C=O) groups is 1. The fourth-order valence-electron chi connectivity index (χ4n) is 1.87. The molecule has 7 heteroatoms. The lowest BCUT2D eigenvalue weighted by molar-refractivity contribution is -0.121. The van der Waals surface area contributed by atoms with Crippen molar-refractivity contribution in [3.05, 3.63) is 50.3 Å². The second-order valence-electron chi connectivity index (χ2n) is 4.70. The SMILES string of the molecule is Cc1csc(/N=C2/S/C(=C\c3cccc(Br)c3)C(=O)N2C)n1. The monoisotopic (exact) mass is 393 g/mol. The molecule has 0 atom stereocenters. The molecule has 1 amide bonds. The molecule has 112 valence electrons. The summed E-state index contributed by atoms with van der Waals surface area (Å²) in [7, 11) is 1.73. The summed E-state index contributed by atoms with van der Waals surface area (Å²) in [4.78, 5) is 23.3. The van der Waals surface area contributed by atoms with Crippen LogP contribution < -0.4 is 0 Å². The summed E-state index contributed by atoms with van der Waals surface area (Å²) in [6.07, 6.45) is 1.88. The Kier molecular flexibility index (Phi) is 4.46. The highest BCUT2D eigenvalue weighted by atomic mass is 79.9. The highest BCUT2D eigenvalue weighted by molar-refractivity contribution is 9.10. The number of thiazole rings is 1. The van der Waals surface area contributed by atoms with Gasteiger partial charge < -0.3 is 0 Å². The second-order valence-corrected chi connectivity index (χ2v) is 7.46. The van der Waals surface area contributed by atoms with E-state index in [0.29, 0.717) is 15.2 Å². The number of likely N-dealkylation sites (N-methyl/N-ethyl adjacent to an activating group) is 1. The summed E-state index contributed by atoms with van der Waals surface area (Å²) in [6.45, 7) is 1.93. The number of aliphatic imine (C=N–C) groups is 1. The van der Waals surface area contributed by atoms with Crippen LogP contribution in [0.2, 0.25) is 0 Å². The molecule has 0 aliphatic carbocycles. The highest BCUT2D eigenvalue weighted by Gasteiger charge is 2.30. The lowest BCUT2D eigenvalue weighted by Crippen LogP contribution is -2.23. The van der Waals surface area contributed by atoms with Gasteiger partial charge in [-0.2, -0.15) is 4.99 Å². The minimum absolute atomic E-state index is 0.0444. The minimum atomic E-state index is -0.0444. The maximum atomic E-state index is 12.3. The number of amides is 1. The van der Waals surface area contributed by atoms with Crippen LogP contribution in [-0.4, -0.2) is 28.0 Å². The average molecular weight is 394 g/mol. The van der Waals surface area contributed by atoms with Crippen LogP contribution in [0.4, 0.5) is 5.13 Å². The van der Waals surface area contributed by atoms with Gasteiger partial charge >= 0.3 is 0 Å². The van der Waals surface area contributed by atoms with Crippen molar-refractivity contribution in [2.45, 2.75) is 6.92 Å². The molecule has 2 heterocycles. The van der Waals surface area contributed by atoms with Gasteiger partial charge in [-0.25, -0.2) is 4.98 Å². The number of halogens is 1. The van der Waals surface area contributed by atoms with Crippen molar-refractivity contribution < 1.29 is 4.79 Å². The molecule has 22 heavy (non-hydrogen) atoms. The molecular formula is C15H12BrN3OS2. The number of rotatable bonds is 2. The van der Waals surface area contributed by atoms with Crippen molar-refractivity contribution in [1.82, 2.24) is 9.88 Å². The fraction of sp³-hybridized carbons (Fsp3) is 0.133. The Morgan fingerprint density at radius 1 is 1.41 bits per heavy atom. The molecule has 1 aliphatic heterocycles. The summed E-state index contributed by atoms with van der Waals surface area (Å²) in [5.41, 5.74) is 1.91. The van der Waals surface area contributed by atoms with Crippen molar-refractivity contribution in [2.75, 3.05) is 7.05 Å². The summed E-state index contributed by atoms with van der Waals surface area (Å²) in [5, 5.41) is 3.27. The first-order chi connectivity index (χ1) is 10.5. The number of thioether (sulfide) groups is 1. The zero-order valence-corrected chi connectivity index (χ0v) is 15.1. The van der Waals surface area contributed by atoms with E-state index in [1.165, 1.54) is 23.1 Å². The van der Waals surface area contributed by atoms with Gasteiger partial charge in [-0.3, -0.25) is 9.69 Å². The number of amidine groups is 1. The highest BCUT2D eigenvalue weighted by Crippen LogP contribution is 2.33. The molecule has 1 aromatic heterocycles. The number of hydrogen-bond acceptors (Lipinski definition) is 5. The van der Waals surface area contributed by atoms with Gasteiger partial charge in [0.15, 0.2) is 5.17 Å². The molecule has 4 nitrogen and oxygen atoms in total. The van der Waals surface area contributed by atoms with Crippen LogP contribution in [0.1, 0.15) is 11.3 Å². The predicted molar refractivity (Wildman–Crippen MR) is 96.4 cm³/mol. The van der Waals surface area contributed by atoms with E-state index in [1.807, 2.05) is 42.6 Å². The van der Waals surface area contributed by atoms with Crippen molar-refractivity contribution in [3.8, 4) is 0 Å². The van der Waals surface area contributed by atoms with Crippen LogP contribution >= 0.6 is 39.0 Å². The quantitative estimate of drug-likeness (QED) is 0.707. The molecular weight excluding hydrogens is 382 g/mol. The topological polar surface area (TPSA) is 45.6 Å². The van der Waals surface area contributed by atoms with Gasteiger partial charge in [0, 0.05) is 16.9 Å². The van der Waals surface area contributed by atoms with Crippen molar-refractivity contribution in [2.24, 2.45) is 4.99 Å². The maximum Gasteiger partial charge on any atom is 0.266 e. The summed E-state index contributed by atoms with van der Waals surface area (Å²) >= 11 is 6.28. The lowest BCUT2D eigenvalue weighted by atomic mass is 10.2. The summed E-state index contributed by atoms with van der Waals surface area (Å²) in [5.74, 6) is -0.0444. The molecule has 0 saturated carbocycles. The second kappa shape index (κ2) is 6.36. The first-order valence-electron chi connectivity index (χ1n) is 6.47. The van der Waals surface area contributed by atoms with E-state index in [9.17, 15) is 4.79 Å². The molecule has 2 aromatic rings. The van der Waals surface area contributed by atoms with Crippen LogP contribution in [0, 0.1) is 6.92 Å². The minimum Gasteiger partial charge on any atom is -0.289 e. The number of nitrogens with zero attached hydrogens (tertiary/aromatic N) is 3. The Morgan fingerprint density at radius 2 is 2.23 bits per heavy atom. The van der Waals surface area contributed by atoms with Gasteiger partial charge in [0.05, 0.1) is 10.6 Å². The lowest BCUT2D eigenvalue weighted by Gasteiger charge is -2.05. The first kappa shape index (κ1) is 15.5. The van der Waals surface area contributed by atoms with E-state index >= 15 is 0 Å². The predicted octanol–water partition coefficient (Wildman–Crippen LogP) is 4.45. The van der Waals surface area contributed by atoms with Crippen LogP contribution in [0.3, 0.4) is 0 Å². The molecule has 0 radical (unpaired) electrons. The standard InChI is InChI=1S/C15H12BrN3OS2/c1-9-8-21-14(17-9)18-15-19(2)13(20)12(22-15)7-10-4-3-5-11(16)6-10/h3-8H,1-2H3/b12-7-,18-15+. The third kappa shape index (κ3) is 3.31. The largest absolute Gasteiger partial charge is 0.289 e. The number of aromatic nitrogens is 1. The van der Waals surface area contributed by atoms with Gasteiger partial charge in [-0.1, -0.05) is 28.1 Å². The molecule has 3 rings (SSSR count). The Balaban J connectivity index is 1.90. The fourth-order valence-corrected chi connectivity index (χ4v) is 3.98. The van der Waals surface area contributed by atoms with Crippen molar-refractivity contribution >= 4 is 61.3 Å². The van der Waals surface area contributed by atoms with Gasteiger partial charge in [-0.05, 0) is 42.5 Å². The van der Waals surface area contributed by atoms with E-state index in [4.69, 9.17) is 0 Å². The van der Waals surface area contributed by atoms with Crippen LogP contribution in [0.5, 0.6) is 0 Å². The van der Waals surface area contributed by atoms with E-state index in [-0.39, 0.29) is 5.91 Å². The third-order valence-corrected chi connectivity index (χ3v) is 5.35. The molecule has 1 saturated heterocycles. The smallest absolute Gasteiger partial charge is 0.266 e. The molecule has 0 unspecified atom stereocenters. The van der Waals surface area contributed by atoms with Gasteiger partial charge in [0.1, 0.15) is 0 Å². The van der Waals surface area contributed by atoms with Gasteiger partial charge in [0.25, 0.3) is 5.91 Å². The average Bonchev–Trinajstić information content (AvgIpc) is 2.99. The summed E-state index contributed by atoms with van der Waals surface area (Å²) < 4.78 is 0.984. The van der Waals surface area contributed by atoms with Gasteiger partial charge in [-0.15, -0.1) is 11.3 Å². The Bertz CT molecular complexity index is 798. The number of carbonyl (C=O) groups excluding carboxylic acids is 1. The first-order valence-corrected chi connectivity index (χ1v) is 8.96. The Labute approximate surface area is 145 Å². The van der Waals surface area contributed by atoms with Crippen molar-refractivity contribution in [1.29, 1.82) is 0 Å². The van der Waals surface area contributed by atoms with Crippen molar-refractivity contribution in [3.63, 3.8) is 0 Å². The normalized spacial score (nSPS) is 18.7. The van der Waals surface area contributed by atoms with Crippen LogP contribution in [0.15, 0.2) is 44.0 Å². The molecule has 0 N–H and O–H groups in total. The van der Waals surface area contributed by atoms with Crippen LogP contribution in [-0.2, 0) is 4.79 Å². The Morgan fingerprint density at radius 3 is 2.91 bits per heavy atom. The van der Waals surface area contributed by atoms with Crippen LogP contribution in [0.25, 0.3) is 6.08 Å². The van der Waals surface area contributed by atoms with E-state index in [1.54, 1.807) is 11.9 Å². The zero-order chi connectivity index (χ0) is 15.7. The molecule has 1 aliphatic rings. The van der Waals surface area contributed by atoms with Gasteiger partial charge in [0.2, 0.25) is 5.13 Å². The Hall–Kier alpha value is -1.44. The van der Waals surface area contributed by atoms with E-state index < -0.39 is 0 Å². The van der Waals surface area contributed by atoms with E-state index in [0.717, 1.165) is 15.7 Å². The maximum absolute atomic E-state index is 12.3. The molecule has 0 bridgehead atoms. The van der Waals surface area contributed by atoms with E-state index in [2.05, 4.69) is 25.9 Å². The zero-order valence-electron chi connectivity index (χ0n) is 11.9. The number of aryl methyl sites for hydroxylation is 1. The number of hydrogen-bond donors (Lipinski definition) is 0. The molecule has 1 aromatic carbocycles. The molecule has 0 spiro atoms.